The quantitative estimate of drug-likeness (QED) is 0.420. The number of rotatable bonds is 5. The van der Waals surface area contributed by atoms with E-state index in [1.165, 1.54) is 36.2 Å². The van der Waals surface area contributed by atoms with Crippen molar-refractivity contribution in [2.24, 2.45) is 0 Å². The summed E-state index contributed by atoms with van der Waals surface area (Å²) in [5.74, 6) is -0.465. The van der Waals surface area contributed by atoms with Gasteiger partial charge in [0.15, 0.2) is 0 Å². The number of thioether (sulfide) groups is 1. The van der Waals surface area contributed by atoms with Gasteiger partial charge in [-0.3, -0.25) is 19.6 Å². The van der Waals surface area contributed by atoms with Crippen molar-refractivity contribution in [2.45, 2.75) is 30.5 Å². The molecule has 0 saturated carbocycles. The van der Waals surface area contributed by atoms with Gasteiger partial charge in [0, 0.05) is 27.0 Å². The van der Waals surface area contributed by atoms with Gasteiger partial charge in [0.05, 0.1) is 11.5 Å². The van der Waals surface area contributed by atoms with Gasteiger partial charge in [0.25, 0.3) is 11.1 Å². The standard InChI is InChI=1S/C22H19F3N2O4S2/c1-21(2)10-30-18-14(8-12(33-26-3)9-15(18)21)13-6-11(4-5-16(13)31-22(23,24)25)7-17-19(28)27-20(29)32-17/h4-9,26H,10H2,1-3H3,(H,27,28,29)/b17-7-. The third-order valence-corrected chi connectivity index (χ3v) is 6.53. The van der Waals surface area contributed by atoms with Crippen LogP contribution in [0.4, 0.5) is 18.0 Å². The highest BCUT2D eigenvalue weighted by Gasteiger charge is 2.37. The smallest absolute Gasteiger partial charge is 0.492 e. The fraction of sp³-hybridized carbons (Fsp3) is 0.273. The second-order valence-electron chi connectivity index (χ2n) is 7.98. The Labute approximate surface area is 196 Å². The summed E-state index contributed by atoms with van der Waals surface area (Å²) in [6.45, 7) is 4.37. The third kappa shape index (κ3) is 4.99. The van der Waals surface area contributed by atoms with Crippen LogP contribution in [-0.2, 0) is 10.2 Å². The fourth-order valence-corrected chi connectivity index (χ4v) is 4.87. The van der Waals surface area contributed by atoms with Crippen LogP contribution in [0, 0.1) is 0 Å². The molecule has 33 heavy (non-hydrogen) atoms. The van der Waals surface area contributed by atoms with Gasteiger partial charge in [-0.2, -0.15) is 0 Å². The Balaban J connectivity index is 1.91. The summed E-state index contributed by atoms with van der Waals surface area (Å²) in [5.41, 5.74) is 1.57. The van der Waals surface area contributed by atoms with Crippen molar-refractivity contribution >= 4 is 40.9 Å². The van der Waals surface area contributed by atoms with E-state index in [9.17, 15) is 22.8 Å². The highest BCUT2D eigenvalue weighted by Crippen LogP contribution is 2.49. The predicted molar refractivity (Wildman–Crippen MR) is 121 cm³/mol. The Morgan fingerprint density at radius 3 is 2.61 bits per heavy atom. The summed E-state index contributed by atoms with van der Waals surface area (Å²) in [7, 11) is 1.75. The Kier molecular flexibility index (Phi) is 6.14. The number of carbonyl (C=O) groups excluding carboxylic acids is 2. The molecule has 0 spiro atoms. The van der Waals surface area contributed by atoms with E-state index in [-0.39, 0.29) is 15.9 Å². The Hall–Kier alpha value is -2.63. The molecule has 0 aliphatic carbocycles. The van der Waals surface area contributed by atoms with E-state index in [4.69, 9.17) is 4.74 Å². The lowest BCUT2D eigenvalue weighted by molar-refractivity contribution is -0.274. The van der Waals surface area contributed by atoms with Crippen LogP contribution < -0.4 is 19.5 Å². The molecule has 0 bridgehead atoms. The van der Waals surface area contributed by atoms with Crippen LogP contribution in [0.15, 0.2) is 40.1 Å². The molecule has 1 saturated heterocycles. The fourth-order valence-electron chi connectivity index (χ4n) is 3.60. The topological polar surface area (TPSA) is 76.7 Å². The second-order valence-corrected chi connectivity index (χ2v) is 10.1. The van der Waals surface area contributed by atoms with Crippen molar-refractivity contribution in [3.05, 3.63) is 46.4 Å². The first-order valence-corrected chi connectivity index (χ1v) is 11.4. The largest absolute Gasteiger partial charge is 0.573 e. The molecule has 11 heteroatoms. The van der Waals surface area contributed by atoms with Gasteiger partial charge >= 0.3 is 6.36 Å². The van der Waals surface area contributed by atoms with Gasteiger partial charge in [-0.15, -0.1) is 13.2 Å². The number of nitrogens with one attached hydrogen (secondary N) is 2. The molecular weight excluding hydrogens is 477 g/mol. The third-order valence-electron chi connectivity index (χ3n) is 5.05. The van der Waals surface area contributed by atoms with Gasteiger partial charge < -0.3 is 9.47 Å². The molecule has 1 fully saturated rings. The van der Waals surface area contributed by atoms with Crippen LogP contribution in [0.25, 0.3) is 17.2 Å². The molecule has 2 aromatic carbocycles. The van der Waals surface area contributed by atoms with Crippen LogP contribution >= 0.6 is 23.7 Å². The SMILES string of the molecule is CNSc1cc(-c2cc(/C=C3\SC(=O)NC3=O)ccc2OC(F)(F)F)c2c(c1)C(C)(C)CO2. The summed E-state index contributed by atoms with van der Waals surface area (Å²) < 4.78 is 52.8. The first kappa shape index (κ1) is 23.5. The summed E-state index contributed by atoms with van der Waals surface area (Å²) in [6, 6.07) is 7.76. The Morgan fingerprint density at radius 1 is 1.21 bits per heavy atom. The van der Waals surface area contributed by atoms with Crippen molar-refractivity contribution in [1.29, 1.82) is 0 Å². The van der Waals surface area contributed by atoms with Crippen molar-refractivity contribution < 1.29 is 32.2 Å². The molecule has 0 unspecified atom stereocenters. The van der Waals surface area contributed by atoms with Gasteiger partial charge in [0.1, 0.15) is 11.5 Å². The average Bonchev–Trinajstić information content (AvgIpc) is 3.19. The predicted octanol–water partition coefficient (Wildman–Crippen LogP) is 5.47. The van der Waals surface area contributed by atoms with Crippen molar-refractivity contribution in [3.63, 3.8) is 0 Å². The van der Waals surface area contributed by atoms with Crippen LogP contribution in [0.1, 0.15) is 25.0 Å². The van der Waals surface area contributed by atoms with Crippen LogP contribution in [-0.4, -0.2) is 31.2 Å². The summed E-state index contributed by atoms with van der Waals surface area (Å²) >= 11 is 2.05. The van der Waals surface area contributed by atoms with Gasteiger partial charge in [-0.25, -0.2) is 0 Å². The summed E-state index contributed by atoms with van der Waals surface area (Å²) in [5, 5.41) is 1.65. The zero-order valence-corrected chi connectivity index (χ0v) is 19.4. The van der Waals surface area contributed by atoms with E-state index in [1.54, 1.807) is 13.1 Å². The molecule has 2 aromatic rings. The number of imide groups is 1. The lowest BCUT2D eigenvalue weighted by Gasteiger charge is -2.19. The number of hydrogen-bond acceptors (Lipinski definition) is 7. The van der Waals surface area contributed by atoms with E-state index in [1.807, 2.05) is 19.9 Å². The van der Waals surface area contributed by atoms with Gasteiger partial charge in [-0.05, 0) is 66.7 Å². The molecule has 2 amide bonds. The number of alkyl halides is 3. The molecule has 0 aromatic heterocycles. The lowest BCUT2D eigenvalue weighted by Crippen LogP contribution is -2.18. The van der Waals surface area contributed by atoms with Gasteiger partial charge in [-0.1, -0.05) is 19.9 Å². The molecule has 2 heterocycles. The minimum atomic E-state index is -4.90. The van der Waals surface area contributed by atoms with Crippen molar-refractivity contribution in [3.8, 4) is 22.6 Å². The number of fused-ring (bicyclic) bond motifs is 1. The van der Waals surface area contributed by atoms with Crippen LogP contribution in [0.2, 0.25) is 0 Å². The number of ether oxygens (including phenoxy) is 2. The Bertz CT molecular complexity index is 1180. The van der Waals surface area contributed by atoms with E-state index < -0.39 is 23.3 Å². The number of benzene rings is 2. The number of hydrogen-bond donors (Lipinski definition) is 2. The van der Waals surface area contributed by atoms with E-state index >= 15 is 0 Å². The molecule has 0 radical (unpaired) electrons. The van der Waals surface area contributed by atoms with Crippen LogP contribution in [0.3, 0.4) is 0 Å². The molecule has 2 aliphatic rings. The first-order chi connectivity index (χ1) is 15.5. The maximum atomic E-state index is 13.2. The normalized spacial score (nSPS) is 18.3. The minimum absolute atomic E-state index is 0.151. The summed E-state index contributed by atoms with van der Waals surface area (Å²) in [4.78, 5) is 24.3. The number of carbonyl (C=O) groups is 2. The molecule has 2 aliphatic heterocycles. The summed E-state index contributed by atoms with van der Waals surface area (Å²) in [6.07, 6.45) is -3.45. The van der Waals surface area contributed by atoms with Crippen molar-refractivity contribution in [2.75, 3.05) is 13.7 Å². The first-order valence-electron chi connectivity index (χ1n) is 9.77. The van der Waals surface area contributed by atoms with Gasteiger partial charge in [0.2, 0.25) is 0 Å². The van der Waals surface area contributed by atoms with E-state index in [0.717, 1.165) is 22.2 Å². The number of halogens is 3. The van der Waals surface area contributed by atoms with E-state index in [0.29, 0.717) is 23.5 Å². The highest BCUT2D eigenvalue weighted by atomic mass is 32.2. The molecule has 6 nitrogen and oxygen atoms in total. The van der Waals surface area contributed by atoms with Crippen molar-refractivity contribution in [1.82, 2.24) is 10.0 Å². The monoisotopic (exact) mass is 496 g/mol. The minimum Gasteiger partial charge on any atom is -0.492 e. The molecule has 174 valence electrons. The molecule has 0 atom stereocenters. The van der Waals surface area contributed by atoms with Crippen LogP contribution in [0.5, 0.6) is 11.5 Å². The number of amides is 2. The highest BCUT2D eigenvalue weighted by molar-refractivity contribution is 8.18. The average molecular weight is 497 g/mol. The molecule has 2 N–H and O–H groups in total. The van der Waals surface area contributed by atoms with E-state index in [2.05, 4.69) is 14.8 Å². The second kappa shape index (κ2) is 8.62. The zero-order chi connectivity index (χ0) is 24.0. The molecule has 4 rings (SSSR count). The maximum Gasteiger partial charge on any atom is 0.573 e. The molecular formula is C22H19F3N2O4S2. The Morgan fingerprint density at radius 2 is 1.97 bits per heavy atom. The lowest BCUT2D eigenvalue weighted by atomic mass is 9.85. The maximum absolute atomic E-state index is 13.2. The zero-order valence-electron chi connectivity index (χ0n) is 17.8.